The van der Waals surface area contributed by atoms with Gasteiger partial charge in [-0.1, -0.05) is 11.3 Å². The molecule has 2 rings (SSSR count). The summed E-state index contributed by atoms with van der Waals surface area (Å²) in [7, 11) is 0. The molecule has 5 nitrogen and oxygen atoms in total. The van der Waals surface area contributed by atoms with Gasteiger partial charge in [-0.05, 0) is 25.9 Å². The number of piperidine rings is 1. The Hall–Kier alpha value is -0.980. The Labute approximate surface area is 116 Å². The Morgan fingerprint density at radius 1 is 1.44 bits per heavy atom. The average Bonchev–Trinajstić information content (AvgIpc) is 2.79. The first-order chi connectivity index (χ1) is 8.16. The molecular weight excluding hydrogens is 274 g/mol. The van der Waals surface area contributed by atoms with Gasteiger partial charge < -0.3 is 10.6 Å². The van der Waals surface area contributed by atoms with Gasteiger partial charge >= 0.3 is 0 Å². The van der Waals surface area contributed by atoms with Gasteiger partial charge in [-0.15, -0.1) is 12.4 Å². The smallest absolute Gasteiger partial charge is 0.229 e. The van der Waals surface area contributed by atoms with Gasteiger partial charge in [-0.2, -0.15) is 0 Å². The Kier molecular flexibility index (Phi) is 5.71. The first-order valence-corrected chi connectivity index (χ1v) is 6.47. The van der Waals surface area contributed by atoms with Crippen molar-refractivity contribution in [2.45, 2.75) is 19.8 Å². The summed E-state index contributed by atoms with van der Waals surface area (Å²) in [6.45, 7) is 3.26. The van der Waals surface area contributed by atoms with E-state index in [1.54, 1.807) is 0 Å². The van der Waals surface area contributed by atoms with Crippen molar-refractivity contribution in [1.29, 1.82) is 0 Å². The highest BCUT2D eigenvalue weighted by Crippen LogP contribution is 2.20. The molecule has 1 saturated heterocycles. The number of amides is 1. The molecule has 0 aliphatic carbocycles. The number of carbonyl (C=O) groups excluding carboxylic acids is 2. The molecule has 0 unspecified atom stereocenters. The summed E-state index contributed by atoms with van der Waals surface area (Å²) in [6, 6.07) is 0. The molecule has 1 aromatic heterocycles. The third-order valence-corrected chi connectivity index (χ3v) is 3.81. The van der Waals surface area contributed by atoms with E-state index in [4.69, 9.17) is 0 Å². The van der Waals surface area contributed by atoms with E-state index in [0.29, 0.717) is 10.0 Å². The van der Waals surface area contributed by atoms with Crippen molar-refractivity contribution in [2.24, 2.45) is 5.92 Å². The molecule has 0 bridgehead atoms. The van der Waals surface area contributed by atoms with E-state index in [2.05, 4.69) is 15.6 Å². The number of rotatable bonds is 3. The highest BCUT2D eigenvalue weighted by atomic mass is 35.5. The number of halogens is 1. The number of aromatic nitrogens is 1. The molecule has 0 spiro atoms. The fourth-order valence-electron chi connectivity index (χ4n) is 1.79. The highest BCUT2D eigenvalue weighted by Gasteiger charge is 2.21. The van der Waals surface area contributed by atoms with Crippen molar-refractivity contribution in [2.75, 3.05) is 18.4 Å². The third kappa shape index (κ3) is 3.76. The summed E-state index contributed by atoms with van der Waals surface area (Å²) in [5, 5.41) is 6.50. The monoisotopic (exact) mass is 289 g/mol. The Balaban J connectivity index is 0.00000162. The first-order valence-electron chi connectivity index (χ1n) is 5.65. The van der Waals surface area contributed by atoms with Crippen molar-refractivity contribution >= 4 is 40.6 Å². The third-order valence-electron chi connectivity index (χ3n) is 2.79. The standard InChI is InChI=1S/C11H15N3O2S.ClH/c1-7(15)9-6-13-11(17-9)14-10(16)8-2-4-12-5-3-8;/h6,8,12H,2-5H2,1H3,(H,13,14,16);1H. The second kappa shape index (κ2) is 6.82. The molecule has 18 heavy (non-hydrogen) atoms. The van der Waals surface area contributed by atoms with Crippen molar-refractivity contribution in [3.8, 4) is 0 Å². The summed E-state index contributed by atoms with van der Waals surface area (Å²) in [6.07, 6.45) is 3.22. The van der Waals surface area contributed by atoms with Crippen LogP contribution in [0.4, 0.5) is 5.13 Å². The minimum atomic E-state index is -0.0233. The minimum absolute atomic E-state index is 0. The van der Waals surface area contributed by atoms with Gasteiger partial charge in [0.15, 0.2) is 10.9 Å². The van der Waals surface area contributed by atoms with Crippen molar-refractivity contribution < 1.29 is 9.59 Å². The van der Waals surface area contributed by atoms with E-state index in [1.165, 1.54) is 24.5 Å². The molecule has 2 N–H and O–H groups in total. The van der Waals surface area contributed by atoms with E-state index in [1.807, 2.05) is 0 Å². The molecule has 1 aliphatic rings. The predicted molar refractivity (Wildman–Crippen MR) is 73.6 cm³/mol. The first kappa shape index (κ1) is 15.1. The zero-order valence-corrected chi connectivity index (χ0v) is 11.7. The van der Waals surface area contributed by atoms with E-state index < -0.39 is 0 Å². The molecule has 1 aliphatic heterocycles. The number of hydrogen-bond acceptors (Lipinski definition) is 5. The van der Waals surface area contributed by atoms with Crippen molar-refractivity contribution in [1.82, 2.24) is 10.3 Å². The fraction of sp³-hybridized carbons (Fsp3) is 0.545. The van der Waals surface area contributed by atoms with Crippen LogP contribution in [0.5, 0.6) is 0 Å². The highest BCUT2D eigenvalue weighted by molar-refractivity contribution is 7.17. The lowest BCUT2D eigenvalue weighted by Crippen LogP contribution is -2.34. The number of thiazole rings is 1. The number of ketones is 1. The van der Waals surface area contributed by atoms with Gasteiger partial charge in [-0.25, -0.2) is 4.98 Å². The second-order valence-electron chi connectivity index (χ2n) is 4.10. The molecule has 1 fully saturated rings. The number of nitrogens with zero attached hydrogens (tertiary/aromatic N) is 1. The SMILES string of the molecule is CC(=O)c1cnc(NC(=O)C2CCNCC2)s1.Cl. The van der Waals surface area contributed by atoms with Crippen LogP contribution in [-0.2, 0) is 4.79 Å². The second-order valence-corrected chi connectivity index (χ2v) is 5.13. The van der Waals surface area contributed by atoms with Crippen LogP contribution in [0.2, 0.25) is 0 Å². The molecular formula is C11H16ClN3O2S. The van der Waals surface area contributed by atoms with E-state index >= 15 is 0 Å². The van der Waals surface area contributed by atoms with Crippen molar-refractivity contribution in [3.63, 3.8) is 0 Å². The maximum absolute atomic E-state index is 11.9. The number of carbonyl (C=O) groups is 2. The largest absolute Gasteiger partial charge is 0.317 e. The summed E-state index contributed by atoms with van der Waals surface area (Å²) < 4.78 is 0. The van der Waals surface area contributed by atoms with Crippen LogP contribution >= 0.6 is 23.7 Å². The number of nitrogens with one attached hydrogen (secondary N) is 2. The average molecular weight is 290 g/mol. The van der Waals surface area contributed by atoms with E-state index in [-0.39, 0.29) is 30.0 Å². The van der Waals surface area contributed by atoms with Crippen LogP contribution in [0.3, 0.4) is 0 Å². The van der Waals surface area contributed by atoms with Crippen LogP contribution < -0.4 is 10.6 Å². The van der Waals surface area contributed by atoms with Gasteiger partial charge in [0, 0.05) is 12.8 Å². The lowest BCUT2D eigenvalue weighted by Gasteiger charge is -2.20. The normalized spacial score (nSPS) is 15.8. The topological polar surface area (TPSA) is 71.1 Å². The predicted octanol–water partition coefficient (Wildman–Crippen LogP) is 1.71. The number of Topliss-reactive ketones (excluding diaryl/α,β-unsaturated/α-hetero) is 1. The zero-order chi connectivity index (χ0) is 12.3. The Morgan fingerprint density at radius 3 is 2.67 bits per heavy atom. The molecule has 0 atom stereocenters. The van der Waals surface area contributed by atoms with E-state index in [0.717, 1.165) is 25.9 Å². The van der Waals surface area contributed by atoms with Crippen LogP contribution in [-0.4, -0.2) is 29.8 Å². The fourth-order valence-corrected chi connectivity index (χ4v) is 2.50. The van der Waals surface area contributed by atoms with Gasteiger partial charge in [0.25, 0.3) is 0 Å². The number of hydrogen-bond donors (Lipinski definition) is 2. The van der Waals surface area contributed by atoms with Crippen molar-refractivity contribution in [3.05, 3.63) is 11.1 Å². The van der Waals surface area contributed by atoms with E-state index in [9.17, 15) is 9.59 Å². The van der Waals surface area contributed by atoms with Crippen LogP contribution in [0.25, 0.3) is 0 Å². The quantitative estimate of drug-likeness (QED) is 0.831. The molecule has 0 saturated carbocycles. The van der Waals surface area contributed by atoms with Gasteiger partial charge in [0.2, 0.25) is 5.91 Å². The van der Waals surface area contributed by atoms with Gasteiger partial charge in [0.1, 0.15) is 0 Å². The maximum atomic E-state index is 11.9. The van der Waals surface area contributed by atoms with Gasteiger partial charge in [0.05, 0.1) is 11.1 Å². The molecule has 0 radical (unpaired) electrons. The number of anilines is 1. The lowest BCUT2D eigenvalue weighted by molar-refractivity contribution is -0.120. The molecule has 100 valence electrons. The zero-order valence-electron chi connectivity index (χ0n) is 10.1. The molecule has 1 aromatic rings. The Morgan fingerprint density at radius 2 is 2.11 bits per heavy atom. The molecule has 1 amide bonds. The molecule has 0 aromatic carbocycles. The minimum Gasteiger partial charge on any atom is -0.317 e. The summed E-state index contributed by atoms with van der Waals surface area (Å²) >= 11 is 1.23. The summed E-state index contributed by atoms with van der Waals surface area (Å²) in [4.78, 5) is 27.6. The van der Waals surface area contributed by atoms with Crippen LogP contribution in [0.15, 0.2) is 6.20 Å². The summed E-state index contributed by atoms with van der Waals surface area (Å²) in [5.41, 5.74) is 0. The molecule has 2 heterocycles. The van der Waals surface area contributed by atoms with Crippen LogP contribution in [0, 0.1) is 5.92 Å². The Bertz CT molecular complexity index is 430. The van der Waals surface area contributed by atoms with Crippen LogP contribution in [0.1, 0.15) is 29.4 Å². The lowest BCUT2D eigenvalue weighted by atomic mass is 9.97. The molecule has 7 heteroatoms. The summed E-state index contributed by atoms with van der Waals surface area (Å²) in [5.74, 6) is 0.0433. The van der Waals surface area contributed by atoms with Gasteiger partial charge in [-0.3, -0.25) is 9.59 Å². The maximum Gasteiger partial charge on any atom is 0.229 e.